The molecule has 142 valence electrons. The van der Waals surface area contributed by atoms with Crippen LogP contribution in [0.4, 0.5) is 0 Å². The van der Waals surface area contributed by atoms with Gasteiger partial charge < -0.3 is 14.6 Å². The van der Waals surface area contributed by atoms with Crippen LogP contribution in [0.3, 0.4) is 0 Å². The Kier molecular flexibility index (Phi) is 4.97. The van der Waals surface area contributed by atoms with E-state index in [-0.39, 0.29) is 23.3 Å². The predicted octanol–water partition coefficient (Wildman–Crippen LogP) is 2.29. The van der Waals surface area contributed by atoms with E-state index in [0.29, 0.717) is 25.4 Å². The number of benzene rings is 1. The Bertz CT molecular complexity index is 892. The second kappa shape index (κ2) is 7.55. The average molecular weight is 367 g/mol. The zero-order chi connectivity index (χ0) is 18.8. The number of nitrogens with zero attached hydrogens (tertiary/aromatic N) is 2. The lowest BCUT2D eigenvalue weighted by atomic mass is 9.91. The molecule has 1 aromatic heterocycles. The van der Waals surface area contributed by atoms with Gasteiger partial charge in [0.2, 0.25) is 5.91 Å². The highest BCUT2D eigenvalue weighted by molar-refractivity contribution is 5.80. The van der Waals surface area contributed by atoms with Gasteiger partial charge >= 0.3 is 0 Å². The van der Waals surface area contributed by atoms with Crippen molar-refractivity contribution in [2.24, 2.45) is 5.92 Å². The van der Waals surface area contributed by atoms with Gasteiger partial charge in [-0.15, -0.1) is 0 Å². The van der Waals surface area contributed by atoms with Crippen molar-refractivity contribution in [1.82, 2.24) is 14.9 Å². The van der Waals surface area contributed by atoms with Crippen molar-refractivity contribution in [1.29, 1.82) is 0 Å². The molecule has 2 aliphatic heterocycles. The Morgan fingerprint density at radius 3 is 3.07 bits per heavy atom. The SMILES string of the molecule is CCc1nc([C@@H]2CCCN(C(=O)[C@@H]3COc4ccccc4C3)C2)cc(=O)[nH]1. The van der Waals surface area contributed by atoms with Crippen LogP contribution in [-0.4, -0.2) is 40.5 Å². The number of fused-ring (bicyclic) bond motifs is 1. The third-order valence-electron chi connectivity index (χ3n) is 5.52. The summed E-state index contributed by atoms with van der Waals surface area (Å²) >= 11 is 0. The lowest BCUT2D eigenvalue weighted by Crippen LogP contribution is -2.45. The molecule has 0 saturated carbocycles. The summed E-state index contributed by atoms with van der Waals surface area (Å²) in [6, 6.07) is 9.50. The molecule has 3 heterocycles. The molecular weight excluding hydrogens is 342 g/mol. The number of aryl methyl sites for hydroxylation is 1. The van der Waals surface area contributed by atoms with Crippen LogP contribution in [0.1, 0.15) is 42.8 Å². The number of likely N-dealkylation sites (tertiary alicyclic amines) is 1. The minimum atomic E-state index is -0.142. The topological polar surface area (TPSA) is 75.3 Å². The summed E-state index contributed by atoms with van der Waals surface area (Å²) in [5.74, 6) is 1.72. The minimum absolute atomic E-state index is 0.113. The van der Waals surface area contributed by atoms with Crippen LogP contribution in [0.5, 0.6) is 5.75 Å². The van der Waals surface area contributed by atoms with E-state index < -0.39 is 0 Å². The van der Waals surface area contributed by atoms with Crippen LogP contribution in [0.2, 0.25) is 0 Å². The van der Waals surface area contributed by atoms with E-state index in [9.17, 15) is 9.59 Å². The first-order valence-corrected chi connectivity index (χ1v) is 9.73. The summed E-state index contributed by atoms with van der Waals surface area (Å²) in [6.07, 6.45) is 3.29. The van der Waals surface area contributed by atoms with Crippen molar-refractivity contribution in [3.8, 4) is 5.75 Å². The third kappa shape index (κ3) is 3.75. The molecule has 0 unspecified atom stereocenters. The first kappa shape index (κ1) is 17.8. The Labute approximate surface area is 158 Å². The summed E-state index contributed by atoms with van der Waals surface area (Å²) in [4.78, 5) is 34.3. The number of carbonyl (C=O) groups is 1. The number of carbonyl (C=O) groups excluding carboxylic acids is 1. The highest BCUT2D eigenvalue weighted by Gasteiger charge is 2.33. The number of H-pyrrole nitrogens is 1. The lowest BCUT2D eigenvalue weighted by Gasteiger charge is -2.36. The molecule has 1 fully saturated rings. The smallest absolute Gasteiger partial charge is 0.251 e. The Hall–Kier alpha value is -2.63. The van der Waals surface area contributed by atoms with Gasteiger partial charge in [-0.25, -0.2) is 4.98 Å². The van der Waals surface area contributed by atoms with Gasteiger partial charge in [0, 0.05) is 31.5 Å². The molecule has 0 radical (unpaired) electrons. The molecule has 1 saturated heterocycles. The molecular formula is C21H25N3O3. The van der Waals surface area contributed by atoms with Gasteiger partial charge in [-0.2, -0.15) is 0 Å². The first-order chi connectivity index (χ1) is 13.1. The summed E-state index contributed by atoms with van der Waals surface area (Å²) in [6.45, 7) is 3.79. The van der Waals surface area contributed by atoms with Crippen molar-refractivity contribution in [2.75, 3.05) is 19.7 Å². The van der Waals surface area contributed by atoms with Gasteiger partial charge in [0.1, 0.15) is 18.2 Å². The highest BCUT2D eigenvalue weighted by atomic mass is 16.5. The fourth-order valence-electron chi connectivity index (χ4n) is 4.07. The normalized spacial score (nSPS) is 22.0. The van der Waals surface area contributed by atoms with Crippen LogP contribution < -0.4 is 10.3 Å². The maximum Gasteiger partial charge on any atom is 0.251 e. The molecule has 1 aromatic carbocycles. The van der Waals surface area contributed by atoms with Gasteiger partial charge in [0.25, 0.3) is 5.56 Å². The molecule has 0 aliphatic carbocycles. The quantitative estimate of drug-likeness (QED) is 0.903. The van der Waals surface area contributed by atoms with E-state index in [1.807, 2.05) is 36.1 Å². The van der Waals surface area contributed by atoms with E-state index in [1.165, 1.54) is 0 Å². The zero-order valence-electron chi connectivity index (χ0n) is 15.6. The molecule has 27 heavy (non-hydrogen) atoms. The van der Waals surface area contributed by atoms with Crippen molar-refractivity contribution in [3.63, 3.8) is 0 Å². The van der Waals surface area contributed by atoms with E-state index in [1.54, 1.807) is 6.07 Å². The molecule has 4 rings (SSSR count). The number of rotatable bonds is 3. The van der Waals surface area contributed by atoms with E-state index in [4.69, 9.17) is 4.74 Å². The average Bonchev–Trinajstić information content (AvgIpc) is 2.72. The van der Waals surface area contributed by atoms with Gasteiger partial charge in [-0.3, -0.25) is 9.59 Å². The van der Waals surface area contributed by atoms with E-state index in [2.05, 4.69) is 9.97 Å². The van der Waals surface area contributed by atoms with Crippen LogP contribution >= 0.6 is 0 Å². The first-order valence-electron chi connectivity index (χ1n) is 9.73. The molecule has 6 nitrogen and oxygen atoms in total. The van der Waals surface area contributed by atoms with Crippen LogP contribution in [0.15, 0.2) is 35.1 Å². The molecule has 6 heteroatoms. The Morgan fingerprint density at radius 2 is 2.22 bits per heavy atom. The monoisotopic (exact) mass is 367 g/mol. The second-order valence-electron chi connectivity index (χ2n) is 7.41. The number of ether oxygens (including phenoxy) is 1. The summed E-state index contributed by atoms with van der Waals surface area (Å²) in [7, 11) is 0. The zero-order valence-corrected chi connectivity index (χ0v) is 15.6. The number of hydrogen-bond acceptors (Lipinski definition) is 4. The van der Waals surface area contributed by atoms with Gasteiger partial charge in [0.15, 0.2) is 0 Å². The number of para-hydroxylation sites is 1. The number of aromatic amines is 1. The molecule has 0 spiro atoms. The molecule has 1 amide bonds. The van der Waals surface area contributed by atoms with E-state index >= 15 is 0 Å². The fourth-order valence-corrected chi connectivity index (χ4v) is 4.07. The van der Waals surface area contributed by atoms with Crippen molar-refractivity contribution < 1.29 is 9.53 Å². The van der Waals surface area contributed by atoms with Crippen LogP contribution in [0, 0.1) is 5.92 Å². The summed E-state index contributed by atoms with van der Waals surface area (Å²) in [5, 5.41) is 0. The lowest BCUT2D eigenvalue weighted by molar-refractivity contribution is -0.138. The second-order valence-corrected chi connectivity index (χ2v) is 7.41. The van der Waals surface area contributed by atoms with E-state index in [0.717, 1.165) is 42.8 Å². The molecule has 2 aliphatic rings. The summed E-state index contributed by atoms with van der Waals surface area (Å²) in [5.41, 5.74) is 1.79. The highest BCUT2D eigenvalue weighted by Crippen LogP contribution is 2.30. The Morgan fingerprint density at radius 1 is 1.37 bits per heavy atom. The van der Waals surface area contributed by atoms with Crippen LogP contribution in [-0.2, 0) is 17.6 Å². The maximum atomic E-state index is 13.1. The standard InChI is InChI=1S/C21H25N3O3/c1-2-19-22-17(11-20(25)23-19)15-7-5-9-24(12-15)21(26)16-10-14-6-3-4-8-18(14)27-13-16/h3-4,6,8,11,15-16H,2,5,7,9-10,12-13H2,1H3,(H,22,23,25)/t15-,16+/m1/s1. The van der Waals surface area contributed by atoms with Crippen molar-refractivity contribution >= 4 is 5.91 Å². The predicted molar refractivity (Wildman–Crippen MR) is 102 cm³/mol. The Balaban J connectivity index is 1.48. The van der Waals surface area contributed by atoms with Gasteiger partial charge in [-0.05, 0) is 30.9 Å². The fraction of sp³-hybridized carbons (Fsp3) is 0.476. The maximum absolute atomic E-state index is 13.1. The molecule has 2 aromatic rings. The largest absolute Gasteiger partial charge is 0.492 e. The minimum Gasteiger partial charge on any atom is -0.492 e. The summed E-state index contributed by atoms with van der Waals surface area (Å²) < 4.78 is 5.80. The molecule has 2 atom stereocenters. The number of amides is 1. The van der Waals surface area contributed by atoms with Gasteiger partial charge in [-0.1, -0.05) is 25.1 Å². The third-order valence-corrected chi connectivity index (χ3v) is 5.52. The molecule has 1 N–H and O–H groups in total. The molecule has 0 bridgehead atoms. The van der Waals surface area contributed by atoms with Crippen LogP contribution in [0.25, 0.3) is 0 Å². The number of piperidine rings is 1. The van der Waals surface area contributed by atoms with Crippen molar-refractivity contribution in [2.45, 2.75) is 38.5 Å². The van der Waals surface area contributed by atoms with Gasteiger partial charge in [0.05, 0.1) is 11.6 Å². The number of aromatic nitrogens is 2. The number of nitrogens with one attached hydrogen (secondary N) is 1. The number of hydrogen-bond donors (Lipinski definition) is 1. The van der Waals surface area contributed by atoms with Crippen molar-refractivity contribution in [3.05, 3.63) is 57.8 Å².